The van der Waals surface area contributed by atoms with Crippen molar-refractivity contribution in [2.24, 2.45) is 4.99 Å². The van der Waals surface area contributed by atoms with Crippen LogP contribution in [0.5, 0.6) is 0 Å². The summed E-state index contributed by atoms with van der Waals surface area (Å²) in [4.78, 5) is 20.1. The quantitative estimate of drug-likeness (QED) is 0.358. The van der Waals surface area contributed by atoms with Crippen LogP contribution in [-0.2, 0) is 10.3 Å². The number of hydrogen-bond acceptors (Lipinski definition) is 4. The molecule has 0 saturated carbocycles. The van der Waals surface area contributed by atoms with Gasteiger partial charge in [-0.05, 0) is 28.9 Å². The number of aromatic nitrogens is 1. The molecule has 4 nitrogen and oxygen atoms in total. The highest BCUT2D eigenvalue weighted by Crippen LogP contribution is 2.41. The van der Waals surface area contributed by atoms with Gasteiger partial charge in [-0.15, -0.1) is 0 Å². The van der Waals surface area contributed by atoms with Gasteiger partial charge in [0.15, 0.2) is 17.8 Å². The number of carbonyl (C=O) groups is 1. The summed E-state index contributed by atoms with van der Waals surface area (Å²) in [5.41, 5.74) is -1.38. The highest BCUT2D eigenvalue weighted by molar-refractivity contribution is 9.10. The van der Waals surface area contributed by atoms with Crippen molar-refractivity contribution in [3.05, 3.63) is 64.1 Å². The number of pyridine rings is 1. The van der Waals surface area contributed by atoms with Crippen LogP contribution >= 0.6 is 15.9 Å². The molecule has 0 aliphatic carbocycles. The van der Waals surface area contributed by atoms with Crippen molar-refractivity contribution in [3.63, 3.8) is 0 Å². The van der Waals surface area contributed by atoms with Crippen LogP contribution < -0.4 is 0 Å². The van der Waals surface area contributed by atoms with Gasteiger partial charge in [0, 0.05) is 28.2 Å². The number of halogens is 5. The summed E-state index contributed by atoms with van der Waals surface area (Å²) in [7, 11) is 0. The van der Waals surface area contributed by atoms with Crippen LogP contribution in [0.3, 0.4) is 0 Å². The van der Waals surface area contributed by atoms with E-state index in [0.717, 1.165) is 0 Å². The number of ether oxygens (including phenoxy) is 1. The van der Waals surface area contributed by atoms with Gasteiger partial charge >= 0.3 is 6.18 Å². The highest BCUT2D eigenvalue weighted by atomic mass is 79.9. The van der Waals surface area contributed by atoms with Crippen molar-refractivity contribution in [3.8, 4) is 0 Å². The molecule has 3 rings (SSSR count). The summed E-state index contributed by atoms with van der Waals surface area (Å²) in [6.45, 7) is 1.37. The van der Waals surface area contributed by atoms with Gasteiger partial charge in [0.25, 0.3) is 0 Å². The van der Waals surface area contributed by atoms with E-state index in [1.54, 1.807) is 30.3 Å². The molecule has 0 bridgehead atoms. The van der Waals surface area contributed by atoms with Gasteiger partial charge in [0.1, 0.15) is 0 Å². The molecule has 9 heteroatoms. The van der Waals surface area contributed by atoms with E-state index < -0.39 is 42.4 Å². The number of ketones is 1. The Morgan fingerprint density at radius 2 is 2.00 bits per heavy atom. The Morgan fingerprint density at radius 1 is 1.32 bits per heavy atom. The van der Waals surface area contributed by atoms with Crippen molar-refractivity contribution in [1.82, 2.24) is 4.98 Å². The molecule has 0 radical (unpaired) electrons. The lowest BCUT2D eigenvalue weighted by molar-refractivity contribution is -0.208. The number of nitrogens with zero attached hydrogens (tertiary/aromatic N) is 2. The molecule has 0 spiro atoms. The first-order valence-electron chi connectivity index (χ1n) is 8.30. The molecule has 0 saturated heterocycles. The van der Waals surface area contributed by atoms with Crippen LogP contribution in [0.1, 0.15) is 35.7 Å². The largest absolute Gasteiger partial charge is 0.468 e. The lowest BCUT2D eigenvalue weighted by Gasteiger charge is -2.36. The first kappa shape index (κ1) is 20.4. The van der Waals surface area contributed by atoms with Crippen LogP contribution in [0.25, 0.3) is 0 Å². The van der Waals surface area contributed by atoms with E-state index in [9.17, 15) is 22.4 Å². The van der Waals surface area contributed by atoms with Crippen molar-refractivity contribution >= 4 is 27.6 Å². The second kappa shape index (κ2) is 7.62. The minimum Gasteiger partial charge on any atom is -0.468 e. The fourth-order valence-electron chi connectivity index (χ4n) is 3.01. The van der Waals surface area contributed by atoms with Crippen LogP contribution in [0, 0.1) is 5.95 Å². The number of carbonyl (C=O) groups excluding carboxylic acids is 1. The molecule has 1 aliphatic heterocycles. The smallest absolute Gasteiger partial charge is 0.425 e. The number of benzene rings is 1. The summed E-state index contributed by atoms with van der Waals surface area (Å²) in [6.07, 6.45) is -6.81. The lowest BCUT2D eigenvalue weighted by Crippen LogP contribution is -2.44. The molecule has 148 valence electrons. The molecular formula is C19H15BrF4N2O2. The van der Waals surface area contributed by atoms with E-state index in [1.807, 2.05) is 0 Å². The molecule has 1 aliphatic rings. The Labute approximate surface area is 166 Å². The van der Waals surface area contributed by atoms with E-state index in [0.29, 0.717) is 10.0 Å². The van der Waals surface area contributed by atoms with Crippen LogP contribution in [0.4, 0.5) is 17.6 Å². The summed E-state index contributed by atoms with van der Waals surface area (Å²) in [5.74, 6) is -1.76. The van der Waals surface area contributed by atoms with E-state index in [-0.39, 0.29) is 11.5 Å². The first-order valence-corrected chi connectivity index (χ1v) is 9.10. The summed E-state index contributed by atoms with van der Waals surface area (Å²) < 4.78 is 60.0. The Kier molecular flexibility index (Phi) is 5.56. The van der Waals surface area contributed by atoms with Gasteiger partial charge in [0.2, 0.25) is 5.95 Å². The third-order valence-electron chi connectivity index (χ3n) is 4.39. The monoisotopic (exact) mass is 458 g/mol. The topological polar surface area (TPSA) is 51.5 Å². The van der Waals surface area contributed by atoms with E-state index >= 15 is 0 Å². The Morgan fingerprint density at radius 3 is 2.64 bits per heavy atom. The predicted octanol–water partition coefficient (Wildman–Crippen LogP) is 5.22. The summed E-state index contributed by atoms with van der Waals surface area (Å²) >= 11 is 3.14. The Bertz CT molecular complexity index is 918. The van der Waals surface area contributed by atoms with Crippen LogP contribution in [-0.4, -0.2) is 28.9 Å². The lowest BCUT2D eigenvalue weighted by atomic mass is 9.86. The maximum absolute atomic E-state index is 14.3. The third kappa shape index (κ3) is 4.40. The standard InChI is InChI=1S/C19H15BrF4N2O2/c1-18(13-7-12(20)10-25-17(13)21)9-15(19(22,23)24)28-16(26-18)8-14(27)11-5-3-2-4-6-11/h2-7,10,15H,8-9H2,1H3/t15-,18-/m0/s1. The number of rotatable bonds is 4. The molecule has 2 atom stereocenters. The van der Waals surface area contributed by atoms with Gasteiger partial charge < -0.3 is 4.74 Å². The SMILES string of the molecule is C[C@@]1(c2cc(Br)cnc2F)C[C@@H](C(F)(F)F)OC(CC(=O)c2ccccc2)=N1. The zero-order valence-corrected chi connectivity index (χ0v) is 16.2. The van der Waals surface area contributed by atoms with Gasteiger partial charge in [0.05, 0.1) is 12.0 Å². The maximum atomic E-state index is 14.3. The normalized spacial score (nSPS) is 22.4. The molecular weight excluding hydrogens is 444 g/mol. The third-order valence-corrected chi connectivity index (χ3v) is 4.82. The van der Waals surface area contributed by atoms with E-state index in [1.165, 1.54) is 19.2 Å². The molecule has 2 heterocycles. The second-order valence-corrected chi connectivity index (χ2v) is 7.51. The van der Waals surface area contributed by atoms with Gasteiger partial charge in [-0.3, -0.25) is 4.79 Å². The zero-order chi connectivity index (χ0) is 20.5. The molecule has 0 N–H and O–H groups in total. The fraction of sp³-hybridized carbons (Fsp3) is 0.316. The maximum Gasteiger partial charge on any atom is 0.425 e. The minimum atomic E-state index is -4.70. The molecule has 1 aromatic carbocycles. The Hall–Kier alpha value is -2.29. The molecule has 0 unspecified atom stereocenters. The van der Waals surface area contributed by atoms with E-state index in [4.69, 9.17) is 4.74 Å². The van der Waals surface area contributed by atoms with Crippen molar-refractivity contribution < 1.29 is 27.1 Å². The van der Waals surface area contributed by atoms with Gasteiger partial charge in [-0.1, -0.05) is 30.3 Å². The average Bonchev–Trinajstić information content (AvgIpc) is 2.63. The predicted molar refractivity (Wildman–Crippen MR) is 97.6 cm³/mol. The molecule has 0 amide bonds. The molecule has 2 aromatic rings. The highest BCUT2D eigenvalue weighted by Gasteiger charge is 2.50. The van der Waals surface area contributed by atoms with Crippen molar-refractivity contribution in [1.29, 1.82) is 0 Å². The Balaban J connectivity index is 2.00. The summed E-state index contributed by atoms with van der Waals surface area (Å²) in [6, 6.07) is 9.42. The van der Waals surface area contributed by atoms with Gasteiger partial charge in [-0.25, -0.2) is 9.98 Å². The number of Topliss-reactive ketones (excluding diaryl/α,β-unsaturated/α-hetero) is 1. The number of alkyl halides is 3. The molecule has 28 heavy (non-hydrogen) atoms. The molecule has 1 aromatic heterocycles. The summed E-state index contributed by atoms with van der Waals surface area (Å²) in [5, 5.41) is 0. The van der Waals surface area contributed by atoms with Crippen LogP contribution in [0.2, 0.25) is 0 Å². The fourth-order valence-corrected chi connectivity index (χ4v) is 3.34. The van der Waals surface area contributed by atoms with Crippen molar-refractivity contribution in [2.45, 2.75) is 37.6 Å². The minimum absolute atomic E-state index is 0.107. The zero-order valence-electron chi connectivity index (χ0n) is 14.6. The van der Waals surface area contributed by atoms with Gasteiger partial charge in [-0.2, -0.15) is 17.6 Å². The van der Waals surface area contributed by atoms with E-state index in [2.05, 4.69) is 25.9 Å². The van der Waals surface area contributed by atoms with Crippen molar-refractivity contribution in [2.75, 3.05) is 0 Å². The number of hydrogen-bond donors (Lipinski definition) is 0. The molecule has 0 fully saturated rings. The second-order valence-electron chi connectivity index (χ2n) is 6.59. The van der Waals surface area contributed by atoms with Crippen LogP contribution in [0.15, 0.2) is 52.1 Å². The average molecular weight is 459 g/mol. The number of aliphatic imine (C=N–C) groups is 1. The first-order chi connectivity index (χ1) is 13.1.